The molecule has 0 saturated carbocycles. The molecule has 0 bridgehead atoms. The van der Waals surface area contributed by atoms with E-state index in [9.17, 15) is 13.6 Å². The van der Waals surface area contributed by atoms with Crippen molar-refractivity contribution in [2.75, 3.05) is 0 Å². The third-order valence-electron chi connectivity index (χ3n) is 4.92. The van der Waals surface area contributed by atoms with Gasteiger partial charge in [0.1, 0.15) is 11.3 Å². The largest absolute Gasteiger partial charge is 0.451 e. The number of pyridine rings is 1. The second kappa shape index (κ2) is 6.48. The Hall–Kier alpha value is -4.08. The van der Waals surface area contributed by atoms with E-state index in [4.69, 9.17) is 4.74 Å². The van der Waals surface area contributed by atoms with Crippen molar-refractivity contribution in [1.82, 2.24) is 29.8 Å². The van der Waals surface area contributed by atoms with E-state index >= 15 is 0 Å². The zero-order valence-corrected chi connectivity index (χ0v) is 15.8. The highest BCUT2D eigenvalue weighted by molar-refractivity contribution is 5.99. The fraction of sp³-hybridized carbons (Fsp3) is 0.100. The van der Waals surface area contributed by atoms with E-state index in [1.165, 1.54) is 16.8 Å². The number of nitrogens with one attached hydrogen (secondary N) is 1. The number of ether oxygens (including phenoxy) is 1. The van der Waals surface area contributed by atoms with Gasteiger partial charge in [-0.25, -0.2) is 13.5 Å². The molecule has 0 aliphatic heterocycles. The summed E-state index contributed by atoms with van der Waals surface area (Å²) in [6.07, 6.45) is 3.18. The molecular weight excluding hydrogens is 394 g/mol. The molecule has 0 aliphatic rings. The summed E-state index contributed by atoms with van der Waals surface area (Å²) in [5.41, 5.74) is 2.32. The first-order valence-corrected chi connectivity index (χ1v) is 8.92. The summed E-state index contributed by atoms with van der Waals surface area (Å²) in [5, 5.41) is 15.4. The van der Waals surface area contributed by atoms with Gasteiger partial charge in [-0.15, -0.1) is 5.10 Å². The van der Waals surface area contributed by atoms with Crippen LogP contribution in [0.15, 0.2) is 47.5 Å². The molecule has 0 unspecified atom stereocenters. The molecule has 0 atom stereocenters. The van der Waals surface area contributed by atoms with Gasteiger partial charge in [0, 0.05) is 42.9 Å². The van der Waals surface area contributed by atoms with E-state index in [1.807, 2.05) is 0 Å². The number of hydrogen-bond acceptors (Lipinski definition) is 5. The molecule has 0 saturated heterocycles. The van der Waals surface area contributed by atoms with E-state index < -0.39 is 11.6 Å². The highest BCUT2D eigenvalue weighted by Crippen LogP contribution is 2.40. The van der Waals surface area contributed by atoms with Gasteiger partial charge in [-0.1, -0.05) is 5.21 Å². The summed E-state index contributed by atoms with van der Waals surface area (Å²) >= 11 is 0. The first-order chi connectivity index (χ1) is 14.4. The molecular formula is C20H14F2N6O2. The molecule has 10 heteroatoms. The first-order valence-electron chi connectivity index (χ1n) is 8.92. The van der Waals surface area contributed by atoms with Gasteiger partial charge in [-0.2, -0.15) is 5.10 Å². The van der Waals surface area contributed by atoms with Crippen molar-refractivity contribution < 1.29 is 13.5 Å². The average Bonchev–Trinajstić information content (AvgIpc) is 3.35. The fourth-order valence-electron chi connectivity index (χ4n) is 3.43. The van der Waals surface area contributed by atoms with Gasteiger partial charge in [0.2, 0.25) is 0 Å². The highest BCUT2D eigenvalue weighted by Gasteiger charge is 2.21. The highest BCUT2D eigenvalue weighted by atomic mass is 19.1. The maximum absolute atomic E-state index is 14.3. The van der Waals surface area contributed by atoms with Crippen LogP contribution >= 0.6 is 0 Å². The van der Waals surface area contributed by atoms with Crippen LogP contribution in [0.4, 0.5) is 8.78 Å². The number of benzene rings is 2. The minimum absolute atomic E-state index is 0.163. The van der Waals surface area contributed by atoms with Crippen LogP contribution in [0.3, 0.4) is 0 Å². The Balaban J connectivity index is 1.82. The summed E-state index contributed by atoms with van der Waals surface area (Å²) in [6.45, 7) is 0. The van der Waals surface area contributed by atoms with Crippen molar-refractivity contribution >= 4 is 21.9 Å². The Morgan fingerprint density at radius 2 is 1.93 bits per heavy atom. The van der Waals surface area contributed by atoms with E-state index in [1.54, 1.807) is 37.1 Å². The maximum Gasteiger partial charge on any atom is 0.276 e. The Labute approximate surface area is 167 Å². The number of hydrogen-bond donors (Lipinski definition) is 1. The lowest BCUT2D eigenvalue weighted by molar-refractivity contribution is 0.442. The molecule has 2 aromatic carbocycles. The SMILES string of the molecule is Cn1cc(-c2ccc3c(nnn3C)c2Oc2ccc(F)cc2F)c2cn[nH]c2c1=O. The van der Waals surface area contributed by atoms with Crippen molar-refractivity contribution in [2.45, 2.75) is 0 Å². The molecule has 0 aliphatic carbocycles. The van der Waals surface area contributed by atoms with Crippen LogP contribution in [0.2, 0.25) is 0 Å². The lowest BCUT2D eigenvalue weighted by Crippen LogP contribution is -2.16. The third kappa shape index (κ3) is 2.65. The van der Waals surface area contributed by atoms with Gasteiger partial charge in [0.25, 0.3) is 5.56 Å². The first kappa shape index (κ1) is 18.0. The molecule has 30 heavy (non-hydrogen) atoms. The summed E-state index contributed by atoms with van der Waals surface area (Å²) in [4.78, 5) is 12.4. The van der Waals surface area contributed by atoms with Crippen LogP contribution < -0.4 is 10.3 Å². The molecule has 0 fully saturated rings. The maximum atomic E-state index is 14.3. The van der Waals surface area contributed by atoms with Crippen LogP contribution in [0, 0.1) is 11.6 Å². The zero-order chi connectivity index (χ0) is 21.0. The summed E-state index contributed by atoms with van der Waals surface area (Å²) in [5.74, 6) is -1.50. The van der Waals surface area contributed by atoms with Crippen molar-refractivity contribution in [1.29, 1.82) is 0 Å². The van der Waals surface area contributed by atoms with Gasteiger partial charge in [0.05, 0.1) is 11.7 Å². The van der Waals surface area contributed by atoms with Gasteiger partial charge < -0.3 is 9.30 Å². The monoisotopic (exact) mass is 408 g/mol. The topological polar surface area (TPSA) is 90.6 Å². The number of fused-ring (bicyclic) bond motifs is 2. The minimum atomic E-state index is -0.851. The molecule has 0 amide bonds. The van der Waals surface area contributed by atoms with Gasteiger partial charge in [-0.05, 0) is 24.3 Å². The fourth-order valence-corrected chi connectivity index (χ4v) is 3.43. The number of H-pyrrole nitrogens is 1. The predicted octanol–water partition coefficient (Wildman–Crippen LogP) is 3.28. The van der Waals surface area contributed by atoms with Crippen molar-refractivity contribution in [2.24, 2.45) is 14.1 Å². The van der Waals surface area contributed by atoms with E-state index in [0.29, 0.717) is 33.1 Å². The molecule has 1 N–H and O–H groups in total. The Bertz CT molecular complexity index is 1500. The van der Waals surface area contributed by atoms with Crippen LogP contribution in [0.1, 0.15) is 0 Å². The average molecular weight is 408 g/mol. The molecule has 0 radical (unpaired) electrons. The third-order valence-corrected chi connectivity index (χ3v) is 4.92. The van der Waals surface area contributed by atoms with E-state index in [2.05, 4.69) is 20.5 Å². The summed E-state index contributed by atoms with van der Waals surface area (Å²) < 4.78 is 36.5. The second-order valence-electron chi connectivity index (χ2n) is 6.82. The lowest BCUT2D eigenvalue weighted by atomic mass is 10.0. The number of nitrogens with zero attached hydrogens (tertiary/aromatic N) is 5. The van der Waals surface area contributed by atoms with Crippen LogP contribution in [0.25, 0.3) is 33.1 Å². The second-order valence-corrected chi connectivity index (χ2v) is 6.82. The quantitative estimate of drug-likeness (QED) is 0.495. The van der Waals surface area contributed by atoms with Crippen LogP contribution in [-0.2, 0) is 14.1 Å². The molecule has 5 rings (SSSR count). The van der Waals surface area contributed by atoms with Gasteiger partial charge >= 0.3 is 0 Å². The Morgan fingerprint density at radius 3 is 2.73 bits per heavy atom. The molecule has 0 spiro atoms. The smallest absolute Gasteiger partial charge is 0.276 e. The summed E-state index contributed by atoms with van der Waals surface area (Å²) in [6, 6.07) is 6.63. The number of aryl methyl sites for hydroxylation is 2. The lowest BCUT2D eigenvalue weighted by Gasteiger charge is -2.14. The minimum Gasteiger partial charge on any atom is -0.451 e. The van der Waals surface area contributed by atoms with Crippen molar-refractivity contribution in [3.05, 3.63) is 64.7 Å². The van der Waals surface area contributed by atoms with Crippen molar-refractivity contribution in [3.8, 4) is 22.6 Å². The van der Waals surface area contributed by atoms with Crippen molar-refractivity contribution in [3.63, 3.8) is 0 Å². The van der Waals surface area contributed by atoms with Crippen LogP contribution in [0.5, 0.6) is 11.5 Å². The molecule has 150 valence electrons. The number of rotatable bonds is 3. The molecule has 5 aromatic rings. The Kier molecular flexibility index (Phi) is 3.88. The summed E-state index contributed by atoms with van der Waals surface area (Å²) in [7, 11) is 3.34. The molecule has 8 nitrogen and oxygen atoms in total. The molecule has 3 aromatic heterocycles. The number of aromatic amines is 1. The molecule has 3 heterocycles. The normalized spacial score (nSPS) is 11.5. The standard InChI is InChI=1S/C20H14F2N6O2/c1-27-9-13(12-8-23-24-17(12)20(27)29)11-4-5-15-18(25-26-28(15)2)19(11)30-16-6-3-10(21)7-14(16)22/h3-9H,1-2H3,(H,23,24). The van der Waals surface area contributed by atoms with E-state index in [0.717, 1.165) is 12.1 Å². The Morgan fingerprint density at radius 1 is 1.10 bits per heavy atom. The number of aromatic nitrogens is 6. The van der Waals surface area contributed by atoms with E-state index in [-0.39, 0.29) is 17.1 Å². The van der Waals surface area contributed by atoms with Crippen LogP contribution in [-0.4, -0.2) is 29.8 Å². The predicted molar refractivity (Wildman–Crippen MR) is 105 cm³/mol. The number of halogens is 2. The zero-order valence-electron chi connectivity index (χ0n) is 15.8. The van der Waals surface area contributed by atoms with Gasteiger partial charge in [0.15, 0.2) is 22.8 Å². The van der Waals surface area contributed by atoms with Gasteiger partial charge in [-0.3, -0.25) is 9.89 Å².